The summed E-state index contributed by atoms with van der Waals surface area (Å²) in [4.78, 5) is 24.0. The Morgan fingerprint density at radius 2 is 1.66 bits per heavy atom. The Hall–Kier alpha value is -3.71. The lowest BCUT2D eigenvalue weighted by Gasteiger charge is -2.12. The highest BCUT2D eigenvalue weighted by molar-refractivity contribution is 7.80. The van der Waals surface area contributed by atoms with E-state index in [4.69, 9.17) is 22.7 Å². The van der Waals surface area contributed by atoms with Gasteiger partial charge in [0, 0.05) is 5.56 Å². The third kappa shape index (κ3) is 5.63. The number of hydrogen-bond acceptors (Lipinski definition) is 4. The Bertz CT molecular complexity index is 1040. The average molecular weight is 405 g/mol. The van der Waals surface area contributed by atoms with Gasteiger partial charge in [-0.15, -0.1) is 0 Å². The molecule has 0 saturated heterocycles. The largest absolute Gasteiger partial charge is 0.489 e. The molecule has 0 aliphatic rings. The van der Waals surface area contributed by atoms with Gasteiger partial charge in [-0.3, -0.25) is 14.9 Å². The zero-order chi connectivity index (χ0) is 20.6. The van der Waals surface area contributed by atoms with E-state index in [0.29, 0.717) is 23.6 Å². The highest BCUT2D eigenvalue weighted by Crippen LogP contribution is 2.16. The molecule has 0 atom stereocenters. The van der Waals surface area contributed by atoms with Crippen molar-refractivity contribution in [3.63, 3.8) is 0 Å². The lowest BCUT2D eigenvalue weighted by molar-refractivity contribution is 0.0975. The minimum absolute atomic E-state index is 0.0549. The zero-order valence-electron chi connectivity index (χ0n) is 15.4. The van der Waals surface area contributed by atoms with Gasteiger partial charge in [-0.25, -0.2) is 0 Å². The number of nitrogens with two attached hydrogens (primary N) is 1. The number of nitrogens with one attached hydrogen (secondary N) is 2. The van der Waals surface area contributed by atoms with Gasteiger partial charge in [0.05, 0.1) is 11.3 Å². The first-order chi connectivity index (χ1) is 14.0. The van der Waals surface area contributed by atoms with E-state index >= 15 is 0 Å². The number of thiocarbonyl (C=S) groups is 1. The second-order valence-electron chi connectivity index (χ2n) is 6.12. The van der Waals surface area contributed by atoms with Gasteiger partial charge in [0.1, 0.15) is 12.4 Å². The molecule has 0 spiro atoms. The molecule has 0 bridgehead atoms. The van der Waals surface area contributed by atoms with E-state index in [2.05, 4.69) is 10.6 Å². The molecule has 0 radical (unpaired) electrons. The highest BCUT2D eigenvalue weighted by atomic mass is 32.1. The summed E-state index contributed by atoms with van der Waals surface area (Å²) in [6.45, 7) is 0.399. The summed E-state index contributed by atoms with van der Waals surface area (Å²) >= 11 is 5.18. The molecule has 0 unspecified atom stereocenters. The predicted octanol–water partition coefficient (Wildman–Crippen LogP) is 3.49. The molecule has 7 heteroatoms. The summed E-state index contributed by atoms with van der Waals surface area (Å²) in [6, 6.07) is 23.2. The fourth-order valence-corrected chi connectivity index (χ4v) is 2.81. The molecule has 6 nitrogen and oxygen atoms in total. The number of amides is 2. The molecule has 0 aromatic heterocycles. The van der Waals surface area contributed by atoms with Gasteiger partial charge >= 0.3 is 0 Å². The average Bonchev–Trinajstić information content (AvgIpc) is 2.73. The lowest BCUT2D eigenvalue weighted by atomic mass is 10.1. The molecule has 0 fully saturated rings. The number of carbonyl (C=O) groups is 2. The van der Waals surface area contributed by atoms with Crippen LogP contribution in [0.4, 0.5) is 5.69 Å². The van der Waals surface area contributed by atoms with Crippen LogP contribution in [0.3, 0.4) is 0 Å². The lowest BCUT2D eigenvalue weighted by Crippen LogP contribution is -2.34. The molecule has 4 N–H and O–H groups in total. The van der Waals surface area contributed by atoms with Gasteiger partial charge in [-0.1, -0.05) is 48.5 Å². The molecule has 0 aliphatic heterocycles. The molecule has 3 aromatic carbocycles. The first-order valence-corrected chi connectivity index (χ1v) is 9.22. The SMILES string of the molecule is NC(=O)c1ccccc1NC(=S)NC(=O)c1cccc(OCc2ccccc2)c1. The highest BCUT2D eigenvalue weighted by Gasteiger charge is 2.12. The van der Waals surface area contributed by atoms with Crippen LogP contribution < -0.4 is 21.1 Å². The molecule has 3 aromatic rings. The van der Waals surface area contributed by atoms with Gasteiger partial charge in [0.25, 0.3) is 11.8 Å². The van der Waals surface area contributed by atoms with Crippen LogP contribution in [0.15, 0.2) is 78.9 Å². The first kappa shape index (κ1) is 20.0. The van der Waals surface area contributed by atoms with Crippen LogP contribution in [-0.2, 0) is 6.61 Å². The van der Waals surface area contributed by atoms with Crippen molar-refractivity contribution in [3.8, 4) is 5.75 Å². The molecule has 146 valence electrons. The fraction of sp³-hybridized carbons (Fsp3) is 0.0455. The van der Waals surface area contributed by atoms with E-state index in [9.17, 15) is 9.59 Å². The van der Waals surface area contributed by atoms with Gasteiger partial charge < -0.3 is 15.8 Å². The monoisotopic (exact) mass is 405 g/mol. The van der Waals surface area contributed by atoms with Crippen molar-refractivity contribution in [2.45, 2.75) is 6.61 Å². The third-order valence-electron chi connectivity index (χ3n) is 4.01. The van der Waals surface area contributed by atoms with Gasteiger partial charge in [0.2, 0.25) is 0 Å². The standard InChI is InChI=1S/C22H19N3O3S/c23-20(26)18-11-4-5-12-19(18)24-22(29)25-21(27)16-9-6-10-17(13-16)28-14-15-7-2-1-3-8-15/h1-13H,14H2,(H2,23,26)(H2,24,25,27,29). The first-order valence-electron chi connectivity index (χ1n) is 8.81. The molecule has 29 heavy (non-hydrogen) atoms. The molecule has 3 rings (SSSR count). The molecule has 0 aliphatic carbocycles. The van der Waals surface area contributed by atoms with Crippen molar-refractivity contribution >= 4 is 34.8 Å². The van der Waals surface area contributed by atoms with Gasteiger partial charge in [-0.2, -0.15) is 0 Å². The van der Waals surface area contributed by atoms with Crippen LogP contribution in [0, 0.1) is 0 Å². The molecular weight excluding hydrogens is 386 g/mol. The topological polar surface area (TPSA) is 93.5 Å². The van der Waals surface area contributed by atoms with E-state index in [0.717, 1.165) is 5.56 Å². The van der Waals surface area contributed by atoms with E-state index in [1.165, 1.54) is 0 Å². The fourth-order valence-electron chi connectivity index (χ4n) is 2.60. The predicted molar refractivity (Wildman–Crippen MR) is 116 cm³/mol. The molecule has 0 heterocycles. The van der Waals surface area contributed by atoms with Crippen molar-refractivity contribution in [2.24, 2.45) is 5.73 Å². The van der Waals surface area contributed by atoms with Crippen LogP contribution in [0.25, 0.3) is 0 Å². The maximum Gasteiger partial charge on any atom is 0.257 e. The van der Waals surface area contributed by atoms with Crippen LogP contribution in [-0.4, -0.2) is 16.9 Å². The van der Waals surface area contributed by atoms with Gasteiger partial charge in [-0.05, 0) is 48.1 Å². The number of carbonyl (C=O) groups excluding carboxylic acids is 2. The Morgan fingerprint density at radius 1 is 0.931 bits per heavy atom. The number of ether oxygens (including phenoxy) is 1. The normalized spacial score (nSPS) is 10.1. The number of primary amides is 1. The maximum absolute atomic E-state index is 12.5. The summed E-state index contributed by atoms with van der Waals surface area (Å²) in [6.07, 6.45) is 0. The third-order valence-corrected chi connectivity index (χ3v) is 4.22. The summed E-state index contributed by atoms with van der Waals surface area (Å²) < 4.78 is 5.75. The van der Waals surface area contributed by atoms with Crippen molar-refractivity contribution in [3.05, 3.63) is 95.6 Å². The number of para-hydroxylation sites is 1. The molecule has 0 saturated carbocycles. The second kappa shape index (κ2) is 9.48. The summed E-state index contributed by atoms with van der Waals surface area (Å²) in [5.41, 5.74) is 7.47. The van der Waals surface area contributed by atoms with Crippen molar-refractivity contribution in [2.75, 3.05) is 5.32 Å². The van der Waals surface area contributed by atoms with Crippen LogP contribution in [0.1, 0.15) is 26.3 Å². The minimum Gasteiger partial charge on any atom is -0.489 e. The Kier molecular flexibility index (Phi) is 6.55. The number of anilines is 1. The van der Waals surface area contributed by atoms with E-state index in [-0.39, 0.29) is 10.7 Å². The van der Waals surface area contributed by atoms with Crippen LogP contribution >= 0.6 is 12.2 Å². The summed E-state index contributed by atoms with van der Waals surface area (Å²) in [5.74, 6) is -0.422. The summed E-state index contributed by atoms with van der Waals surface area (Å²) in [7, 11) is 0. The molecular formula is C22H19N3O3S. The van der Waals surface area contributed by atoms with Crippen LogP contribution in [0.5, 0.6) is 5.75 Å². The smallest absolute Gasteiger partial charge is 0.257 e. The Balaban J connectivity index is 1.62. The zero-order valence-corrected chi connectivity index (χ0v) is 16.2. The van der Waals surface area contributed by atoms with Gasteiger partial charge in [0.15, 0.2) is 5.11 Å². The van der Waals surface area contributed by atoms with E-state index in [1.807, 2.05) is 30.3 Å². The quantitative estimate of drug-likeness (QED) is 0.546. The number of rotatable bonds is 6. The molecule has 2 amide bonds. The number of benzene rings is 3. The summed E-state index contributed by atoms with van der Waals surface area (Å²) in [5, 5.41) is 5.46. The van der Waals surface area contributed by atoms with Crippen molar-refractivity contribution in [1.82, 2.24) is 5.32 Å². The number of hydrogen-bond donors (Lipinski definition) is 3. The second-order valence-corrected chi connectivity index (χ2v) is 6.53. The van der Waals surface area contributed by atoms with Crippen LogP contribution in [0.2, 0.25) is 0 Å². The minimum atomic E-state index is -0.592. The van der Waals surface area contributed by atoms with Crippen molar-refractivity contribution in [1.29, 1.82) is 0 Å². The van der Waals surface area contributed by atoms with Crippen molar-refractivity contribution < 1.29 is 14.3 Å². The Labute approximate surface area is 173 Å². The van der Waals surface area contributed by atoms with E-state index in [1.54, 1.807) is 48.5 Å². The van der Waals surface area contributed by atoms with E-state index < -0.39 is 11.8 Å². The Morgan fingerprint density at radius 3 is 2.41 bits per heavy atom. The maximum atomic E-state index is 12.5.